The highest BCUT2D eigenvalue weighted by molar-refractivity contribution is 6.03. The quantitative estimate of drug-likeness (QED) is 0.942. The molecule has 0 spiro atoms. The highest BCUT2D eigenvalue weighted by Crippen LogP contribution is 2.20. The number of nitrogens with one attached hydrogen (secondary N) is 1. The molecule has 6 nitrogen and oxygen atoms in total. The highest BCUT2D eigenvalue weighted by Gasteiger charge is 2.19. The summed E-state index contributed by atoms with van der Waals surface area (Å²) in [6.07, 6.45) is 0. The van der Waals surface area contributed by atoms with Gasteiger partial charge in [-0.1, -0.05) is 22.9 Å². The monoisotopic (exact) mass is 301 g/mol. The molecular formula is C16H19N3O3. The van der Waals surface area contributed by atoms with E-state index in [1.165, 1.54) is 0 Å². The van der Waals surface area contributed by atoms with Crippen molar-refractivity contribution in [3.05, 3.63) is 41.1 Å². The van der Waals surface area contributed by atoms with Gasteiger partial charge in [0.2, 0.25) is 5.88 Å². The molecule has 2 heterocycles. The number of hydrogen-bond acceptors (Lipinski definition) is 5. The molecule has 0 bridgehead atoms. The minimum atomic E-state index is -0.268. The number of hydrogen-bond donors (Lipinski definition) is 1. The molecule has 0 unspecified atom stereocenters. The first kappa shape index (κ1) is 14.6. The number of carbonyl (C=O) groups is 1. The van der Waals surface area contributed by atoms with Crippen LogP contribution in [0.2, 0.25) is 0 Å². The lowest BCUT2D eigenvalue weighted by molar-refractivity contribution is 0.101. The molecule has 22 heavy (non-hydrogen) atoms. The van der Waals surface area contributed by atoms with Gasteiger partial charge < -0.3 is 19.5 Å². The number of anilines is 2. The summed E-state index contributed by atoms with van der Waals surface area (Å²) in [5, 5.41) is 6.73. The van der Waals surface area contributed by atoms with Crippen molar-refractivity contribution >= 4 is 17.5 Å². The summed E-state index contributed by atoms with van der Waals surface area (Å²) in [7, 11) is 0. The fourth-order valence-corrected chi connectivity index (χ4v) is 2.45. The van der Waals surface area contributed by atoms with Gasteiger partial charge in [-0.2, -0.15) is 0 Å². The Hall–Kier alpha value is -2.34. The average molecular weight is 301 g/mol. The molecule has 6 heteroatoms. The molecule has 1 aliphatic heterocycles. The van der Waals surface area contributed by atoms with Gasteiger partial charge in [-0.15, -0.1) is 0 Å². The lowest BCUT2D eigenvalue weighted by Crippen LogP contribution is -2.35. The molecule has 1 aliphatic rings. The van der Waals surface area contributed by atoms with Crippen LogP contribution in [0.15, 0.2) is 28.8 Å². The normalized spacial score (nSPS) is 14.9. The van der Waals surface area contributed by atoms with Crippen LogP contribution in [0.3, 0.4) is 0 Å². The van der Waals surface area contributed by atoms with Gasteiger partial charge in [0.25, 0.3) is 5.91 Å². The molecule has 0 aliphatic carbocycles. The van der Waals surface area contributed by atoms with Crippen LogP contribution in [-0.2, 0) is 4.74 Å². The molecular weight excluding hydrogens is 282 g/mol. The molecule has 1 amide bonds. The molecule has 1 aromatic carbocycles. The summed E-state index contributed by atoms with van der Waals surface area (Å²) in [4.78, 5) is 14.3. The number of nitrogens with zero attached hydrogens (tertiary/aromatic N) is 2. The third kappa shape index (κ3) is 3.12. The number of benzene rings is 1. The van der Waals surface area contributed by atoms with E-state index in [9.17, 15) is 4.79 Å². The number of morpholine rings is 1. The van der Waals surface area contributed by atoms with Crippen LogP contribution in [0, 0.1) is 13.8 Å². The van der Waals surface area contributed by atoms with Crippen LogP contribution in [0.1, 0.15) is 21.6 Å². The lowest BCUT2D eigenvalue weighted by Gasteiger charge is -2.25. The minimum Gasteiger partial charge on any atom is -0.378 e. The maximum Gasteiger partial charge on any atom is 0.277 e. The van der Waals surface area contributed by atoms with Crippen molar-refractivity contribution in [1.82, 2.24) is 5.16 Å². The zero-order valence-corrected chi connectivity index (χ0v) is 12.8. The average Bonchev–Trinajstić information content (AvgIpc) is 3.01. The number of aromatic nitrogens is 1. The Labute approximate surface area is 129 Å². The summed E-state index contributed by atoms with van der Waals surface area (Å²) < 4.78 is 10.6. The van der Waals surface area contributed by atoms with Crippen LogP contribution in [0.5, 0.6) is 0 Å². The Morgan fingerprint density at radius 1 is 1.23 bits per heavy atom. The van der Waals surface area contributed by atoms with E-state index in [1.807, 2.05) is 36.9 Å². The summed E-state index contributed by atoms with van der Waals surface area (Å²) >= 11 is 0. The number of amides is 1. The van der Waals surface area contributed by atoms with Crippen molar-refractivity contribution in [2.45, 2.75) is 13.8 Å². The zero-order valence-electron chi connectivity index (χ0n) is 12.8. The second-order valence-corrected chi connectivity index (χ2v) is 5.42. The molecule has 1 aromatic heterocycles. The Morgan fingerprint density at radius 3 is 2.73 bits per heavy atom. The van der Waals surface area contributed by atoms with E-state index in [0.29, 0.717) is 19.1 Å². The van der Waals surface area contributed by atoms with E-state index >= 15 is 0 Å². The molecule has 1 fully saturated rings. The van der Waals surface area contributed by atoms with E-state index in [4.69, 9.17) is 9.26 Å². The molecule has 0 atom stereocenters. The summed E-state index contributed by atoms with van der Waals surface area (Å²) in [5.41, 5.74) is 3.24. The smallest absolute Gasteiger partial charge is 0.277 e. The number of ether oxygens (including phenoxy) is 1. The number of aryl methyl sites for hydroxylation is 2. The first-order valence-corrected chi connectivity index (χ1v) is 7.31. The largest absolute Gasteiger partial charge is 0.378 e. The van der Waals surface area contributed by atoms with Crippen molar-refractivity contribution in [1.29, 1.82) is 0 Å². The van der Waals surface area contributed by atoms with E-state index < -0.39 is 0 Å². The number of rotatable bonds is 3. The van der Waals surface area contributed by atoms with Gasteiger partial charge in [0.15, 0.2) is 5.69 Å². The van der Waals surface area contributed by atoms with Crippen molar-refractivity contribution in [3.8, 4) is 0 Å². The molecule has 1 saturated heterocycles. The highest BCUT2D eigenvalue weighted by atomic mass is 16.5. The molecule has 0 saturated carbocycles. The van der Waals surface area contributed by atoms with Crippen LogP contribution in [0.25, 0.3) is 0 Å². The summed E-state index contributed by atoms with van der Waals surface area (Å²) in [6.45, 7) is 6.78. The van der Waals surface area contributed by atoms with Crippen LogP contribution < -0.4 is 10.2 Å². The number of carbonyl (C=O) groups excluding carboxylic acids is 1. The Kier molecular flexibility index (Phi) is 4.11. The van der Waals surface area contributed by atoms with Gasteiger partial charge >= 0.3 is 0 Å². The Morgan fingerprint density at radius 2 is 2.00 bits per heavy atom. The maximum atomic E-state index is 12.3. The van der Waals surface area contributed by atoms with Crippen molar-refractivity contribution in [2.75, 3.05) is 36.5 Å². The predicted octanol–water partition coefficient (Wildman–Crippen LogP) is 2.38. The zero-order chi connectivity index (χ0) is 15.5. The summed E-state index contributed by atoms with van der Waals surface area (Å²) in [5.74, 6) is 0.337. The van der Waals surface area contributed by atoms with E-state index in [2.05, 4.69) is 10.5 Å². The third-order valence-corrected chi connectivity index (χ3v) is 3.68. The Bertz CT molecular complexity index is 675. The van der Waals surface area contributed by atoms with Gasteiger partial charge in [-0.25, -0.2) is 0 Å². The van der Waals surface area contributed by atoms with E-state index in [-0.39, 0.29) is 11.6 Å². The van der Waals surface area contributed by atoms with Crippen molar-refractivity contribution in [3.63, 3.8) is 0 Å². The molecule has 116 valence electrons. The van der Waals surface area contributed by atoms with Gasteiger partial charge in [0.1, 0.15) is 0 Å². The van der Waals surface area contributed by atoms with Gasteiger partial charge in [0, 0.05) is 24.8 Å². The van der Waals surface area contributed by atoms with Gasteiger partial charge in [-0.05, 0) is 25.5 Å². The van der Waals surface area contributed by atoms with Gasteiger partial charge in [-0.3, -0.25) is 4.79 Å². The lowest BCUT2D eigenvalue weighted by atomic mass is 10.1. The Balaban J connectivity index is 1.71. The molecule has 3 rings (SSSR count). The summed E-state index contributed by atoms with van der Waals surface area (Å²) in [6, 6.07) is 7.55. The van der Waals surface area contributed by atoms with Crippen LogP contribution >= 0.6 is 0 Å². The van der Waals surface area contributed by atoms with Crippen molar-refractivity contribution < 1.29 is 14.1 Å². The van der Waals surface area contributed by atoms with Crippen molar-refractivity contribution in [2.24, 2.45) is 0 Å². The fourth-order valence-electron chi connectivity index (χ4n) is 2.45. The second-order valence-electron chi connectivity index (χ2n) is 5.42. The SMILES string of the molecule is Cc1ccc(NC(=O)c2cc(N3CCOCC3)on2)c(C)c1. The predicted molar refractivity (Wildman–Crippen MR) is 83.4 cm³/mol. The molecule has 2 aromatic rings. The first-order valence-electron chi connectivity index (χ1n) is 7.31. The van der Waals surface area contributed by atoms with E-state index in [0.717, 1.165) is 29.9 Å². The first-order chi connectivity index (χ1) is 10.6. The fraction of sp³-hybridized carbons (Fsp3) is 0.375. The minimum absolute atomic E-state index is 0.268. The second kappa shape index (κ2) is 6.19. The van der Waals surface area contributed by atoms with Gasteiger partial charge in [0.05, 0.1) is 13.2 Å². The standard InChI is InChI=1S/C16H19N3O3/c1-11-3-4-13(12(2)9-11)17-16(20)14-10-15(22-18-14)19-5-7-21-8-6-19/h3-4,9-10H,5-8H2,1-2H3,(H,17,20). The van der Waals surface area contributed by atoms with Crippen LogP contribution in [-0.4, -0.2) is 37.4 Å². The third-order valence-electron chi connectivity index (χ3n) is 3.68. The molecule has 0 radical (unpaired) electrons. The maximum absolute atomic E-state index is 12.3. The van der Waals surface area contributed by atoms with Crippen LogP contribution in [0.4, 0.5) is 11.6 Å². The topological polar surface area (TPSA) is 67.6 Å². The molecule has 1 N–H and O–H groups in total. The van der Waals surface area contributed by atoms with E-state index in [1.54, 1.807) is 6.07 Å².